The zero-order valence-corrected chi connectivity index (χ0v) is 26.1. The van der Waals surface area contributed by atoms with Crippen molar-refractivity contribution in [2.75, 3.05) is 17.8 Å². The first kappa shape index (κ1) is 30.3. The zero-order chi connectivity index (χ0) is 30.7. The predicted octanol–water partition coefficient (Wildman–Crippen LogP) is 7.47. The number of alkyl halides is 1. The molecule has 2 aromatic heterocycles. The van der Waals surface area contributed by atoms with Gasteiger partial charge in [0.25, 0.3) is 0 Å². The maximum Gasteiger partial charge on any atom is 0.410 e. The lowest BCUT2D eigenvalue weighted by atomic mass is 9.88. The lowest BCUT2D eigenvalue weighted by Crippen LogP contribution is -2.46. The van der Waals surface area contributed by atoms with Gasteiger partial charge in [-0.15, -0.1) is 0 Å². The van der Waals surface area contributed by atoms with Crippen molar-refractivity contribution in [3.05, 3.63) is 77.6 Å². The fourth-order valence-electron chi connectivity index (χ4n) is 5.10. The highest BCUT2D eigenvalue weighted by Crippen LogP contribution is 2.34. The minimum atomic E-state index is -1.19. The molecule has 1 aliphatic rings. The molecule has 0 saturated carbocycles. The van der Waals surface area contributed by atoms with Crippen LogP contribution in [0.5, 0.6) is 11.6 Å². The molecular weight excluding hydrogens is 567 g/mol. The van der Waals surface area contributed by atoms with Gasteiger partial charge in [-0.1, -0.05) is 30.3 Å². The van der Waals surface area contributed by atoms with Crippen molar-refractivity contribution in [2.45, 2.75) is 63.6 Å². The predicted molar refractivity (Wildman–Crippen MR) is 166 cm³/mol. The monoisotopic (exact) mass is 604 g/mol. The number of nitrogens with one attached hydrogen (secondary N) is 1. The number of aryl methyl sites for hydroxylation is 3. The van der Waals surface area contributed by atoms with Crippen molar-refractivity contribution in [3.63, 3.8) is 0 Å². The van der Waals surface area contributed by atoms with Gasteiger partial charge in [0.05, 0.1) is 23.3 Å². The molecule has 2 aromatic carbocycles. The van der Waals surface area contributed by atoms with Crippen molar-refractivity contribution in [2.24, 2.45) is 7.05 Å². The van der Waals surface area contributed by atoms with Gasteiger partial charge in [-0.25, -0.2) is 14.2 Å². The van der Waals surface area contributed by atoms with Crippen LogP contribution < -0.4 is 9.46 Å². The van der Waals surface area contributed by atoms with Gasteiger partial charge in [0.1, 0.15) is 17.5 Å². The van der Waals surface area contributed by atoms with Gasteiger partial charge < -0.3 is 14.4 Å². The summed E-state index contributed by atoms with van der Waals surface area (Å²) in [6.45, 7) is 9.96. The van der Waals surface area contributed by atoms with Gasteiger partial charge in [0, 0.05) is 37.3 Å². The Morgan fingerprint density at radius 1 is 1.09 bits per heavy atom. The summed E-state index contributed by atoms with van der Waals surface area (Å²) >= 11 is 1.36. The van der Waals surface area contributed by atoms with Crippen LogP contribution in [-0.4, -0.2) is 55.6 Å². The SMILES string of the molecule is Cc1cccc(C)c1-c1cc(Oc2ccc(C3CCN(C(=O)OC(C)(C)C)CC3F)cc2)nc(NSc2cnn(C)c2)n1. The molecule has 0 spiro atoms. The summed E-state index contributed by atoms with van der Waals surface area (Å²) in [5, 5.41) is 4.20. The molecular formula is C32H37FN6O3S. The number of rotatable bonds is 7. The van der Waals surface area contributed by atoms with Crippen LogP contribution in [0.3, 0.4) is 0 Å². The van der Waals surface area contributed by atoms with Crippen LogP contribution >= 0.6 is 11.9 Å². The van der Waals surface area contributed by atoms with E-state index in [-0.39, 0.29) is 12.5 Å². The van der Waals surface area contributed by atoms with E-state index in [1.807, 2.05) is 49.6 Å². The maximum atomic E-state index is 15.2. The van der Waals surface area contributed by atoms with Crippen molar-refractivity contribution < 1.29 is 18.7 Å². The molecule has 0 aliphatic carbocycles. The van der Waals surface area contributed by atoms with E-state index in [1.54, 1.807) is 31.6 Å². The third-order valence-electron chi connectivity index (χ3n) is 7.11. The summed E-state index contributed by atoms with van der Waals surface area (Å²) in [6.07, 6.45) is 2.50. The second-order valence-electron chi connectivity index (χ2n) is 11.7. The Labute approximate surface area is 256 Å². The van der Waals surface area contributed by atoms with Gasteiger partial charge in [0.2, 0.25) is 11.8 Å². The molecule has 4 aromatic rings. The molecule has 1 saturated heterocycles. The van der Waals surface area contributed by atoms with Gasteiger partial charge >= 0.3 is 6.09 Å². The number of carbonyl (C=O) groups is 1. The van der Waals surface area contributed by atoms with Crippen molar-refractivity contribution in [1.29, 1.82) is 0 Å². The molecule has 226 valence electrons. The van der Waals surface area contributed by atoms with Crippen LogP contribution in [-0.2, 0) is 11.8 Å². The van der Waals surface area contributed by atoms with Crippen LogP contribution in [0.2, 0.25) is 0 Å². The van der Waals surface area contributed by atoms with Crippen molar-refractivity contribution >= 4 is 24.0 Å². The van der Waals surface area contributed by atoms with Gasteiger partial charge in [-0.3, -0.25) is 9.40 Å². The van der Waals surface area contributed by atoms with E-state index < -0.39 is 17.9 Å². The molecule has 1 aliphatic heterocycles. The Bertz CT molecular complexity index is 1570. The first-order valence-electron chi connectivity index (χ1n) is 14.2. The summed E-state index contributed by atoms with van der Waals surface area (Å²) in [6, 6.07) is 15.3. The van der Waals surface area contributed by atoms with Crippen LogP contribution in [0, 0.1) is 13.8 Å². The molecule has 9 nitrogen and oxygen atoms in total. The number of halogens is 1. The molecule has 3 heterocycles. The Morgan fingerprint density at radius 2 is 1.81 bits per heavy atom. The Hall–Kier alpha value is -4.12. The third-order valence-corrected chi connectivity index (χ3v) is 7.84. The quantitative estimate of drug-likeness (QED) is 0.217. The van der Waals surface area contributed by atoms with Crippen LogP contribution in [0.15, 0.2) is 65.8 Å². The molecule has 43 heavy (non-hydrogen) atoms. The molecule has 0 bridgehead atoms. The number of piperidine rings is 1. The Balaban J connectivity index is 1.32. The van der Waals surface area contributed by atoms with Crippen LogP contribution in [0.25, 0.3) is 11.3 Å². The smallest absolute Gasteiger partial charge is 0.410 e. The minimum Gasteiger partial charge on any atom is -0.444 e. The molecule has 5 rings (SSSR count). The number of anilines is 1. The van der Waals surface area contributed by atoms with Gasteiger partial charge in [0.15, 0.2) is 0 Å². The van der Waals surface area contributed by atoms with Crippen LogP contribution in [0.1, 0.15) is 49.8 Å². The van der Waals surface area contributed by atoms with E-state index in [2.05, 4.69) is 40.8 Å². The number of likely N-dealkylation sites (tertiary alicyclic amines) is 1. The molecule has 1 fully saturated rings. The molecule has 1 N–H and O–H groups in total. The first-order valence-corrected chi connectivity index (χ1v) is 15.0. The average Bonchev–Trinajstić information content (AvgIpc) is 3.36. The molecule has 2 unspecified atom stereocenters. The number of hydrogen-bond acceptors (Lipinski definition) is 8. The molecule has 11 heteroatoms. The van der Waals surface area contributed by atoms with Crippen LogP contribution in [0.4, 0.5) is 15.1 Å². The van der Waals surface area contributed by atoms with Crippen molar-refractivity contribution in [1.82, 2.24) is 24.6 Å². The second-order valence-corrected chi connectivity index (χ2v) is 12.6. The number of hydrogen-bond donors (Lipinski definition) is 1. The van der Waals surface area contributed by atoms with Gasteiger partial charge in [-0.2, -0.15) is 10.1 Å². The number of carbonyl (C=O) groups excluding carboxylic acids is 1. The van der Waals surface area contributed by atoms with E-state index in [1.165, 1.54) is 16.8 Å². The molecule has 2 atom stereocenters. The maximum absolute atomic E-state index is 15.2. The topological polar surface area (TPSA) is 94.4 Å². The fraction of sp³-hybridized carbons (Fsp3) is 0.375. The standard InChI is InChI=1S/C32H37FN6O3S/c1-20-8-7-9-21(2)29(20)27-16-28(36-30(35-27)37-43-24-17-34-38(6)18-24)41-23-12-10-22(11-13-23)25-14-15-39(19-26(25)33)31(40)42-32(3,4)5/h7-13,16-18,25-26H,14-15,19H2,1-6H3,(H,35,36,37). The largest absolute Gasteiger partial charge is 0.444 e. The number of amides is 1. The summed E-state index contributed by atoms with van der Waals surface area (Å²) in [5.41, 5.74) is 4.19. The summed E-state index contributed by atoms with van der Waals surface area (Å²) in [7, 11) is 1.86. The highest BCUT2D eigenvalue weighted by molar-refractivity contribution is 8.00. The summed E-state index contributed by atoms with van der Waals surface area (Å²) in [4.78, 5) is 24.2. The highest BCUT2D eigenvalue weighted by atomic mass is 32.2. The Morgan fingerprint density at radius 3 is 2.44 bits per heavy atom. The lowest BCUT2D eigenvalue weighted by molar-refractivity contribution is 0.0111. The van der Waals surface area contributed by atoms with Crippen molar-refractivity contribution in [3.8, 4) is 22.9 Å². The average molecular weight is 605 g/mol. The zero-order valence-electron chi connectivity index (χ0n) is 25.3. The van der Waals surface area contributed by atoms with E-state index in [9.17, 15) is 4.79 Å². The van der Waals surface area contributed by atoms with E-state index in [4.69, 9.17) is 14.5 Å². The highest BCUT2D eigenvalue weighted by Gasteiger charge is 2.34. The fourth-order valence-corrected chi connectivity index (χ4v) is 5.71. The minimum absolute atomic E-state index is 0.00664. The first-order chi connectivity index (χ1) is 20.4. The summed E-state index contributed by atoms with van der Waals surface area (Å²) < 4.78 is 31.8. The number of nitrogens with zero attached hydrogens (tertiary/aromatic N) is 5. The summed E-state index contributed by atoms with van der Waals surface area (Å²) in [5.74, 6) is 1.03. The second kappa shape index (κ2) is 12.6. The Kier molecular flexibility index (Phi) is 8.91. The van der Waals surface area contributed by atoms with Gasteiger partial charge in [-0.05, 0) is 81.8 Å². The number of aromatic nitrogens is 4. The number of benzene rings is 2. The lowest BCUT2D eigenvalue weighted by Gasteiger charge is -2.35. The molecule has 0 radical (unpaired) electrons. The van der Waals surface area contributed by atoms with E-state index >= 15 is 4.39 Å². The van der Waals surface area contributed by atoms with E-state index in [0.29, 0.717) is 30.5 Å². The van der Waals surface area contributed by atoms with E-state index in [0.717, 1.165) is 32.8 Å². The number of ether oxygens (including phenoxy) is 2. The third kappa shape index (κ3) is 7.64. The normalized spacial score (nSPS) is 17.0. The molecule has 1 amide bonds.